The summed E-state index contributed by atoms with van der Waals surface area (Å²) in [6.45, 7) is 2.84. The molecule has 0 radical (unpaired) electrons. The number of carbonyl (C=O) groups excluding carboxylic acids is 1. The number of amides is 1. The number of nitrogens with zero attached hydrogens (tertiary/aromatic N) is 4. The maximum absolute atomic E-state index is 12.6. The maximum atomic E-state index is 12.6. The molecule has 1 aromatic carbocycles. The van der Waals surface area contributed by atoms with Crippen molar-refractivity contribution < 1.29 is 9.53 Å². The van der Waals surface area contributed by atoms with Gasteiger partial charge in [0.15, 0.2) is 5.65 Å². The van der Waals surface area contributed by atoms with Gasteiger partial charge in [-0.1, -0.05) is 13.3 Å². The van der Waals surface area contributed by atoms with Gasteiger partial charge in [-0.2, -0.15) is 0 Å². The van der Waals surface area contributed by atoms with Gasteiger partial charge < -0.3 is 14.0 Å². The third-order valence-electron chi connectivity index (χ3n) is 4.15. The van der Waals surface area contributed by atoms with E-state index in [1.54, 1.807) is 30.6 Å². The van der Waals surface area contributed by atoms with Gasteiger partial charge in [0.1, 0.15) is 17.1 Å². The van der Waals surface area contributed by atoms with Crippen LogP contribution in [0.5, 0.6) is 5.75 Å². The van der Waals surface area contributed by atoms with Gasteiger partial charge in [-0.25, -0.2) is 4.98 Å². The molecule has 6 heteroatoms. The van der Waals surface area contributed by atoms with E-state index in [1.165, 1.54) is 0 Å². The Labute approximate surface area is 147 Å². The fourth-order valence-electron chi connectivity index (χ4n) is 2.67. The van der Waals surface area contributed by atoms with Gasteiger partial charge >= 0.3 is 0 Å². The van der Waals surface area contributed by atoms with Gasteiger partial charge in [0.2, 0.25) is 0 Å². The summed E-state index contributed by atoms with van der Waals surface area (Å²) in [6.07, 6.45) is 7.30. The van der Waals surface area contributed by atoms with Crippen molar-refractivity contribution in [3.8, 4) is 17.0 Å². The molecule has 0 atom stereocenters. The molecule has 0 saturated heterocycles. The van der Waals surface area contributed by atoms with Gasteiger partial charge in [0.25, 0.3) is 5.91 Å². The average Bonchev–Trinajstić information content (AvgIpc) is 3.09. The number of methoxy groups -OCH3 is 1. The molecule has 130 valence electrons. The van der Waals surface area contributed by atoms with Gasteiger partial charge in [-0.3, -0.25) is 9.78 Å². The standard InChI is InChI=1S/C19H22N4O2/c1-4-5-11-22(2)19(24)16-13-23-12-10-20-17(18(23)21-16)14-6-8-15(25-3)9-7-14/h6-10,12-13H,4-5,11H2,1-3H3. The smallest absolute Gasteiger partial charge is 0.273 e. The monoisotopic (exact) mass is 338 g/mol. The van der Waals surface area contributed by atoms with Crippen LogP contribution in [0.4, 0.5) is 0 Å². The van der Waals surface area contributed by atoms with E-state index in [1.807, 2.05) is 35.7 Å². The minimum Gasteiger partial charge on any atom is -0.497 e. The first-order valence-electron chi connectivity index (χ1n) is 8.37. The topological polar surface area (TPSA) is 59.7 Å². The number of carbonyl (C=O) groups is 1. The van der Waals surface area contributed by atoms with Crippen LogP contribution in [-0.4, -0.2) is 45.9 Å². The molecule has 6 nitrogen and oxygen atoms in total. The quantitative estimate of drug-likeness (QED) is 0.692. The van der Waals surface area contributed by atoms with Crippen molar-refractivity contribution in [1.82, 2.24) is 19.3 Å². The van der Waals surface area contributed by atoms with Crippen molar-refractivity contribution in [2.75, 3.05) is 20.7 Å². The summed E-state index contributed by atoms with van der Waals surface area (Å²) in [4.78, 5) is 23.3. The van der Waals surface area contributed by atoms with E-state index in [0.717, 1.165) is 36.4 Å². The second-order valence-corrected chi connectivity index (χ2v) is 5.94. The Hall–Kier alpha value is -2.89. The highest BCUT2D eigenvalue weighted by atomic mass is 16.5. The largest absolute Gasteiger partial charge is 0.497 e. The van der Waals surface area contributed by atoms with E-state index in [0.29, 0.717) is 11.3 Å². The van der Waals surface area contributed by atoms with Crippen LogP contribution in [0.3, 0.4) is 0 Å². The number of benzene rings is 1. The predicted molar refractivity (Wildman–Crippen MR) is 96.8 cm³/mol. The number of ether oxygens (including phenoxy) is 1. The van der Waals surface area contributed by atoms with Crippen molar-refractivity contribution >= 4 is 11.6 Å². The maximum Gasteiger partial charge on any atom is 0.273 e. The molecule has 0 spiro atoms. The molecule has 0 unspecified atom stereocenters. The highest BCUT2D eigenvalue weighted by Crippen LogP contribution is 2.24. The molecular weight excluding hydrogens is 316 g/mol. The van der Waals surface area contributed by atoms with Crippen molar-refractivity contribution in [3.63, 3.8) is 0 Å². The lowest BCUT2D eigenvalue weighted by molar-refractivity contribution is 0.0788. The minimum absolute atomic E-state index is 0.0715. The van der Waals surface area contributed by atoms with Crippen LogP contribution in [0, 0.1) is 0 Å². The first kappa shape index (κ1) is 17.0. The van der Waals surface area contributed by atoms with Crippen LogP contribution in [0.1, 0.15) is 30.3 Å². The predicted octanol–water partition coefficient (Wildman–Crippen LogP) is 3.28. The zero-order valence-electron chi connectivity index (χ0n) is 14.8. The molecule has 0 fully saturated rings. The number of hydrogen-bond donors (Lipinski definition) is 0. The van der Waals surface area contributed by atoms with E-state index in [9.17, 15) is 4.79 Å². The number of unbranched alkanes of at least 4 members (excludes halogenated alkanes) is 1. The Bertz CT molecular complexity index is 871. The van der Waals surface area contributed by atoms with Crippen LogP contribution in [0.2, 0.25) is 0 Å². The molecule has 2 heterocycles. The Morgan fingerprint density at radius 3 is 2.72 bits per heavy atom. The molecule has 3 rings (SSSR count). The van der Waals surface area contributed by atoms with Gasteiger partial charge in [0.05, 0.1) is 7.11 Å². The fourth-order valence-corrected chi connectivity index (χ4v) is 2.67. The third kappa shape index (κ3) is 3.47. The highest BCUT2D eigenvalue weighted by Gasteiger charge is 2.17. The van der Waals surface area contributed by atoms with E-state index in [-0.39, 0.29) is 5.91 Å². The number of rotatable bonds is 6. The first-order valence-corrected chi connectivity index (χ1v) is 8.37. The van der Waals surface area contributed by atoms with Crippen LogP contribution in [0.15, 0.2) is 42.9 Å². The number of imidazole rings is 1. The summed E-state index contributed by atoms with van der Waals surface area (Å²) < 4.78 is 7.04. The third-order valence-corrected chi connectivity index (χ3v) is 4.15. The van der Waals surface area contributed by atoms with E-state index < -0.39 is 0 Å². The van der Waals surface area contributed by atoms with Gasteiger partial charge in [-0.05, 0) is 30.7 Å². The lowest BCUT2D eigenvalue weighted by Gasteiger charge is -2.14. The van der Waals surface area contributed by atoms with Crippen molar-refractivity contribution in [2.45, 2.75) is 19.8 Å². The number of fused-ring (bicyclic) bond motifs is 1. The second kappa shape index (κ2) is 7.34. The normalized spacial score (nSPS) is 10.8. The van der Waals surface area contributed by atoms with Crippen LogP contribution >= 0.6 is 0 Å². The molecular formula is C19H22N4O2. The molecule has 0 saturated carbocycles. The molecule has 0 aliphatic carbocycles. The zero-order chi connectivity index (χ0) is 17.8. The van der Waals surface area contributed by atoms with Gasteiger partial charge in [-0.15, -0.1) is 0 Å². The Morgan fingerprint density at radius 1 is 1.28 bits per heavy atom. The Balaban J connectivity index is 1.96. The fraction of sp³-hybridized carbons (Fsp3) is 0.316. The minimum atomic E-state index is -0.0715. The molecule has 0 aliphatic heterocycles. The van der Waals surface area contributed by atoms with Crippen LogP contribution in [-0.2, 0) is 0 Å². The number of hydrogen-bond acceptors (Lipinski definition) is 4. The Morgan fingerprint density at radius 2 is 2.04 bits per heavy atom. The van der Waals surface area contributed by atoms with Crippen molar-refractivity contribution in [1.29, 1.82) is 0 Å². The summed E-state index contributed by atoms with van der Waals surface area (Å²) in [5.74, 6) is 0.713. The Kier molecular flexibility index (Phi) is 4.97. The van der Waals surface area contributed by atoms with Gasteiger partial charge in [0, 0.05) is 37.7 Å². The molecule has 0 aliphatic rings. The second-order valence-electron chi connectivity index (χ2n) is 5.94. The molecule has 3 aromatic rings. The van der Waals surface area contributed by atoms with E-state index >= 15 is 0 Å². The highest BCUT2D eigenvalue weighted by molar-refractivity contribution is 5.93. The van der Waals surface area contributed by atoms with Crippen molar-refractivity contribution in [3.05, 3.63) is 48.5 Å². The molecule has 2 aromatic heterocycles. The summed E-state index contributed by atoms with van der Waals surface area (Å²) in [7, 11) is 3.44. The summed E-state index contributed by atoms with van der Waals surface area (Å²) in [5, 5.41) is 0. The van der Waals surface area contributed by atoms with Crippen molar-refractivity contribution in [2.24, 2.45) is 0 Å². The summed E-state index contributed by atoms with van der Waals surface area (Å²) in [5.41, 5.74) is 2.76. The SMILES string of the molecule is CCCCN(C)C(=O)c1cn2ccnc(-c3ccc(OC)cc3)c2n1. The molecule has 0 bridgehead atoms. The molecule has 0 N–H and O–H groups in total. The van der Waals surface area contributed by atoms with E-state index in [2.05, 4.69) is 16.9 Å². The lowest BCUT2D eigenvalue weighted by Crippen LogP contribution is -2.27. The average molecular weight is 338 g/mol. The molecule has 1 amide bonds. The lowest BCUT2D eigenvalue weighted by atomic mass is 10.1. The van der Waals surface area contributed by atoms with E-state index in [4.69, 9.17) is 4.74 Å². The number of aromatic nitrogens is 3. The summed E-state index contributed by atoms with van der Waals surface area (Å²) >= 11 is 0. The zero-order valence-corrected chi connectivity index (χ0v) is 14.8. The molecule has 25 heavy (non-hydrogen) atoms. The van der Waals surface area contributed by atoms with Crippen LogP contribution in [0.25, 0.3) is 16.9 Å². The summed E-state index contributed by atoms with van der Waals surface area (Å²) in [6, 6.07) is 7.64. The first-order chi connectivity index (χ1) is 12.1. The van der Waals surface area contributed by atoms with Crippen LogP contribution < -0.4 is 4.74 Å².